The van der Waals surface area contributed by atoms with Crippen molar-refractivity contribution in [2.75, 3.05) is 11.9 Å². The van der Waals surface area contributed by atoms with Crippen LogP contribution in [-0.2, 0) is 10.3 Å². The van der Waals surface area contributed by atoms with Crippen molar-refractivity contribution >= 4 is 17.3 Å². The molecular formula is C18H17N3O5. The molecule has 0 aliphatic rings. The first kappa shape index (κ1) is 18.7. The average Bonchev–Trinajstić information content (AvgIpc) is 2.62. The van der Waals surface area contributed by atoms with Gasteiger partial charge in [0.1, 0.15) is 0 Å². The van der Waals surface area contributed by atoms with E-state index in [4.69, 9.17) is 10.00 Å². The van der Waals surface area contributed by atoms with Crippen LogP contribution in [0.3, 0.4) is 0 Å². The lowest BCUT2D eigenvalue weighted by Crippen LogP contribution is -2.40. The molecular weight excluding hydrogens is 338 g/mol. The van der Waals surface area contributed by atoms with Crippen molar-refractivity contribution in [1.29, 1.82) is 5.26 Å². The van der Waals surface area contributed by atoms with E-state index >= 15 is 0 Å². The van der Waals surface area contributed by atoms with E-state index in [1.165, 1.54) is 25.1 Å². The minimum atomic E-state index is -1.56. The average molecular weight is 355 g/mol. The second kappa shape index (κ2) is 7.53. The Kier molecular flexibility index (Phi) is 5.42. The molecule has 0 aliphatic carbocycles. The number of ether oxygens (including phenoxy) is 1. The summed E-state index contributed by atoms with van der Waals surface area (Å²) in [6, 6.07) is 12.3. The molecule has 8 heteroatoms. The maximum absolute atomic E-state index is 11.9. The largest absolute Gasteiger partial charge is 0.487 e. The summed E-state index contributed by atoms with van der Waals surface area (Å²) in [7, 11) is 0. The molecule has 1 atom stereocenters. The highest BCUT2D eigenvalue weighted by molar-refractivity contribution is 5.84. The Morgan fingerprint density at radius 1 is 1.35 bits per heavy atom. The predicted molar refractivity (Wildman–Crippen MR) is 94.0 cm³/mol. The van der Waals surface area contributed by atoms with E-state index < -0.39 is 16.4 Å². The lowest BCUT2D eigenvalue weighted by Gasteiger charge is -2.28. The molecule has 2 aromatic rings. The van der Waals surface area contributed by atoms with Crippen LogP contribution >= 0.6 is 0 Å². The third kappa shape index (κ3) is 3.72. The first-order valence-corrected chi connectivity index (χ1v) is 7.75. The molecule has 2 rings (SSSR count). The van der Waals surface area contributed by atoms with Crippen LogP contribution in [0.1, 0.15) is 25.0 Å². The second-order valence-electron chi connectivity index (χ2n) is 5.62. The number of nitriles is 1. The number of aliphatic carboxylic acids is 1. The Balaban J connectivity index is 2.47. The van der Waals surface area contributed by atoms with Gasteiger partial charge in [-0.05, 0) is 55.8 Å². The van der Waals surface area contributed by atoms with E-state index in [0.717, 1.165) is 0 Å². The maximum Gasteiger partial charge on any atom is 0.333 e. The highest BCUT2D eigenvalue weighted by Crippen LogP contribution is 2.34. The molecule has 0 fully saturated rings. The minimum absolute atomic E-state index is 0.00380. The topological polar surface area (TPSA) is 125 Å². The molecule has 134 valence electrons. The number of benzene rings is 2. The molecule has 0 saturated heterocycles. The van der Waals surface area contributed by atoms with E-state index in [0.29, 0.717) is 16.8 Å². The molecule has 26 heavy (non-hydrogen) atoms. The summed E-state index contributed by atoms with van der Waals surface area (Å²) < 4.78 is 5.30. The Hall–Kier alpha value is -3.60. The molecule has 0 bridgehead atoms. The second-order valence-corrected chi connectivity index (χ2v) is 5.62. The number of nitro groups is 1. The number of hydrogen-bond donors (Lipinski definition) is 2. The number of nitrogens with one attached hydrogen (secondary N) is 1. The van der Waals surface area contributed by atoms with Crippen LogP contribution in [0.4, 0.5) is 11.4 Å². The first-order chi connectivity index (χ1) is 12.3. The summed E-state index contributed by atoms with van der Waals surface area (Å²) in [5.41, 5.74) is -0.563. The summed E-state index contributed by atoms with van der Waals surface area (Å²) in [4.78, 5) is 22.5. The van der Waals surface area contributed by atoms with Crippen LogP contribution in [0.25, 0.3) is 0 Å². The van der Waals surface area contributed by atoms with Crippen molar-refractivity contribution in [2.45, 2.75) is 19.4 Å². The molecule has 0 saturated carbocycles. The molecule has 2 aromatic carbocycles. The molecule has 0 spiro atoms. The number of rotatable bonds is 7. The molecule has 0 aromatic heterocycles. The zero-order valence-electron chi connectivity index (χ0n) is 14.2. The van der Waals surface area contributed by atoms with Crippen LogP contribution < -0.4 is 10.1 Å². The number of nitrogens with zero attached hydrogens (tertiary/aromatic N) is 2. The number of anilines is 1. The van der Waals surface area contributed by atoms with Crippen molar-refractivity contribution in [1.82, 2.24) is 0 Å². The first-order valence-electron chi connectivity index (χ1n) is 7.75. The standard InChI is InChI=1S/C18H17N3O5/c1-3-26-16-10-13(6-9-15(16)21(24)25)18(2,17(22)23)20-14-7-4-12(11-19)5-8-14/h4-10,20H,3H2,1-2H3,(H,22,23). The third-order valence-electron chi connectivity index (χ3n) is 3.87. The van der Waals surface area contributed by atoms with E-state index in [1.807, 2.05) is 6.07 Å². The van der Waals surface area contributed by atoms with E-state index in [1.54, 1.807) is 31.2 Å². The van der Waals surface area contributed by atoms with Gasteiger partial charge in [0.2, 0.25) is 0 Å². The fourth-order valence-corrected chi connectivity index (χ4v) is 2.41. The summed E-state index contributed by atoms with van der Waals surface area (Å²) >= 11 is 0. The van der Waals surface area contributed by atoms with Crippen LogP contribution in [0, 0.1) is 21.4 Å². The van der Waals surface area contributed by atoms with E-state index in [9.17, 15) is 20.0 Å². The monoisotopic (exact) mass is 355 g/mol. The molecule has 0 radical (unpaired) electrons. The zero-order chi connectivity index (χ0) is 19.3. The fourth-order valence-electron chi connectivity index (χ4n) is 2.41. The van der Waals surface area contributed by atoms with Gasteiger partial charge in [0, 0.05) is 11.8 Å². The quantitative estimate of drug-likeness (QED) is 0.576. The minimum Gasteiger partial charge on any atom is -0.487 e. The number of hydrogen-bond acceptors (Lipinski definition) is 6. The van der Waals surface area contributed by atoms with Crippen LogP contribution in [0.5, 0.6) is 5.75 Å². The van der Waals surface area contributed by atoms with Crippen LogP contribution in [-0.4, -0.2) is 22.6 Å². The van der Waals surface area contributed by atoms with E-state index in [-0.39, 0.29) is 18.0 Å². The van der Waals surface area contributed by atoms with E-state index in [2.05, 4.69) is 5.32 Å². The van der Waals surface area contributed by atoms with Gasteiger partial charge in [-0.1, -0.05) is 0 Å². The van der Waals surface area contributed by atoms with Gasteiger partial charge in [-0.3, -0.25) is 10.1 Å². The van der Waals surface area contributed by atoms with Gasteiger partial charge >= 0.3 is 11.7 Å². The normalized spacial score (nSPS) is 12.5. The number of carboxylic acids is 1. The maximum atomic E-state index is 11.9. The van der Waals surface area contributed by atoms with Gasteiger partial charge in [0.15, 0.2) is 11.3 Å². The van der Waals surface area contributed by atoms with Gasteiger partial charge < -0.3 is 15.2 Å². The lowest BCUT2D eigenvalue weighted by atomic mass is 9.91. The number of carboxylic acid groups (broad SMARTS) is 1. The van der Waals surface area contributed by atoms with Gasteiger partial charge in [-0.2, -0.15) is 5.26 Å². The molecule has 8 nitrogen and oxygen atoms in total. The van der Waals surface area contributed by atoms with Crippen molar-refractivity contribution < 1.29 is 19.6 Å². The van der Waals surface area contributed by atoms with Crippen molar-refractivity contribution in [3.63, 3.8) is 0 Å². The van der Waals surface area contributed by atoms with Crippen molar-refractivity contribution in [2.24, 2.45) is 0 Å². The highest BCUT2D eigenvalue weighted by Gasteiger charge is 2.36. The van der Waals surface area contributed by atoms with Gasteiger partial charge in [-0.15, -0.1) is 0 Å². The summed E-state index contributed by atoms with van der Waals surface area (Å²) in [5.74, 6) is -1.16. The van der Waals surface area contributed by atoms with Crippen molar-refractivity contribution in [3.05, 3.63) is 63.7 Å². The molecule has 0 aliphatic heterocycles. The van der Waals surface area contributed by atoms with Crippen molar-refractivity contribution in [3.8, 4) is 11.8 Å². The summed E-state index contributed by atoms with van der Waals surface area (Å²) in [6.45, 7) is 3.34. The highest BCUT2D eigenvalue weighted by atomic mass is 16.6. The Labute approximate surface area is 149 Å². The number of nitro benzene ring substituents is 1. The third-order valence-corrected chi connectivity index (χ3v) is 3.87. The van der Waals surface area contributed by atoms with Gasteiger partial charge in [-0.25, -0.2) is 4.79 Å². The molecule has 2 N–H and O–H groups in total. The Bertz CT molecular complexity index is 873. The molecule has 0 heterocycles. The molecule has 1 unspecified atom stereocenters. The van der Waals surface area contributed by atoms with Gasteiger partial charge in [0.25, 0.3) is 0 Å². The SMILES string of the molecule is CCOc1cc(C(C)(Nc2ccc(C#N)cc2)C(=O)O)ccc1[N+](=O)[O-]. The predicted octanol–water partition coefficient (Wildman–Crippen LogP) is 3.28. The molecule has 0 amide bonds. The summed E-state index contributed by atoms with van der Waals surface area (Å²) in [5, 5.41) is 32.6. The Morgan fingerprint density at radius 3 is 2.50 bits per heavy atom. The lowest BCUT2D eigenvalue weighted by molar-refractivity contribution is -0.385. The Morgan fingerprint density at radius 2 is 2.00 bits per heavy atom. The van der Waals surface area contributed by atoms with Crippen LogP contribution in [0.15, 0.2) is 42.5 Å². The van der Waals surface area contributed by atoms with Gasteiger partial charge in [0.05, 0.1) is 23.2 Å². The number of carbonyl (C=O) groups is 1. The fraction of sp³-hybridized carbons (Fsp3) is 0.222. The summed E-state index contributed by atoms with van der Waals surface area (Å²) in [6.07, 6.45) is 0. The van der Waals surface area contributed by atoms with Crippen LogP contribution in [0.2, 0.25) is 0 Å². The zero-order valence-corrected chi connectivity index (χ0v) is 14.2. The smallest absolute Gasteiger partial charge is 0.333 e.